The van der Waals surface area contributed by atoms with Gasteiger partial charge >= 0.3 is 32.0 Å². The van der Waals surface area contributed by atoms with Crippen LogP contribution in [0.2, 0.25) is 0 Å². The van der Waals surface area contributed by atoms with Gasteiger partial charge in [0, 0.05) is 6.07 Å². The Balaban J connectivity index is 0.000000754. The summed E-state index contributed by atoms with van der Waals surface area (Å²) in [5.41, 5.74) is -3.21. The Morgan fingerprint density at radius 2 is 0.825 bits per heavy atom. The second-order valence-corrected chi connectivity index (χ2v) is 13.0. The lowest BCUT2D eigenvalue weighted by Crippen LogP contribution is -2.52. The number of benzene rings is 4. The third-order valence-electron chi connectivity index (χ3n) is 8.71. The molecule has 0 unspecified atom stereocenters. The van der Waals surface area contributed by atoms with Crippen LogP contribution in [0.4, 0.5) is 58.4 Å². The average Bonchev–Trinajstić information content (AvgIpc) is 3.14. The van der Waals surface area contributed by atoms with Crippen LogP contribution in [0.5, 0.6) is 17.2 Å². The maximum absolute atomic E-state index is 14.1. The van der Waals surface area contributed by atoms with Gasteiger partial charge in [-0.05, 0) is 79.9 Å². The van der Waals surface area contributed by atoms with Crippen molar-refractivity contribution in [3.8, 4) is 17.2 Å². The minimum atomic E-state index is -4.67. The SMILES string of the molecule is CCCC[N+](CCCC)(CCCC)c1cc(C(F)(F)F)ccc1OB(Oc1ccc(C(F)(F)F)cc1)Oc1ccc(C(F)(F)F)cc1.FC(F)(F)c1cc[c-]cc1. The third-order valence-corrected chi connectivity index (χ3v) is 8.71. The van der Waals surface area contributed by atoms with Crippen molar-refractivity contribution in [2.24, 2.45) is 0 Å². The van der Waals surface area contributed by atoms with Gasteiger partial charge in [0.2, 0.25) is 0 Å². The molecule has 0 aliphatic heterocycles. The van der Waals surface area contributed by atoms with Gasteiger partial charge in [-0.1, -0.05) is 45.6 Å². The van der Waals surface area contributed by atoms with Crippen LogP contribution in [-0.2, 0) is 24.7 Å². The van der Waals surface area contributed by atoms with Crippen LogP contribution in [0.1, 0.15) is 81.5 Å². The first-order valence-corrected chi connectivity index (χ1v) is 18.1. The molecule has 0 heterocycles. The Morgan fingerprint density at radius 3 is 1.16 bits per heavy atom. The normalized spacial score (nSPS) is 12.4. The van der Waals surface area contributed by atoms with E-state index in [0.29, 0.717) is 38.9 Å². The van der Waals surface area contributed by atoms with Gasteiger partial charge in [0.05, 0.1) is 36.3 Å². The summed E-state index contributed by atoms with van der Waals surface area (Å²) in [6, 6.07) is 17.1. The van der Waals surface area contributed by atoms with Crippen LogP contribution in [0, 0.1) is 6.07 Å². The van der Waals surface area contributed by atoms with Crippen molar-refractivity contribution < 1.29 is 66.6 Å². The van der Waals surface area contributed by atoms with Crippen molar-refractivity contribution in [1.29, 1.82) is 0 Å². The number of hydrogen-bond acceptors (Lipinski definition) is 3. The van der Waals surface area contributed by atoms with Crippen molar-refractivity contribution in [1.82, 2.24) is 4.48 Å². The van der Waals surface area contributed by atoms with Gasteiger partial charge in [0.25, 0.3) is 0 Å². The largest absolute Gasteiger partial charge is 0.864 e. The van der Waals surface area contributed by atoms with Crippen molar-refractivity contribution >= 4 is 13.0 Å². The lowest BCUT2D eigenvalue weighted by Gasteiger charge is -2.40. The summed E-state index contributed by atoms with van der Waals surface area (Å²) in [6.07, 6.45) is -13.7. The fraction of sp³-hybridized carbons (Fsp3) is 0.400. The van der Waals surface area contributed by atoms with Crippen molar-refractivity contribution in [2.75, 3.05) is 19.6 Å². The van der Waals surface area contributed by atoms with E-state index in [2.05, 4.69) is 6.07 Å². The number of unbranched alkanes of at least 4 members (excludes halogenated alkanes) is 3. The second-order valence-electron chi connectivity index (χ2n) is 13.0. The molecule has 17 heteroatoms. The molecule has 0 atom stereocenters. The van der Waals surface area contributed by atoms with E-state index < -0.39 is 54.3 Å². The highest BCUT2D eigenvalue weighted by Crippen LogP contribution is 2.42. The fourth-order valence-corrected chi connectivity index (χ4v) is 5.66. The molecule has 0 amide bonds. The Morgan fingerprint density at radius 1 is 0.474 bits per heavy atom. The molecule has 0 spiro atoms. The van der Waals surface area contributed by atoms with Gasteiger partial charge in [-0.15, -0.1) is 0 Å². The summed E-state index contributed by atoms with van der Waals surface area (Å²) < 4.78 is 174. The van der Waals surface area contributed by atoms with E-state index in [1.165, 1.54) is 12.1 Å². The summed E-state index contributed by atoms with van der Waals surface area (Å²) in [6.45, 7) is 7.46. The van der Waals surface area contributed by atoms with Crippen LogP contribution in [0.3, 0.4) is 0 Å². The molecule has 4 nitrogen and oxygen atoms in total. The van der Waals surface area contributed by atoms with E-state index in [4.69, 9.17) is 14.0 Å². The zero-order chi connectivity index (χ0) is 42.5. The maximum Gasteiger partial charge on any atom is 0.864 e. The monoisotopic (exact) mass is 823 g/mol. The molecule has 0 saturated carbocycles. The minimum Gasteiger partial charge on any atom is -0.490 e. The molecule has 0 aliphatic carbocycles. The molecule has 0 saturated heterocycles. The van der Waals surface area contributed by atoms with Crippen molar-refractivity contribution in [2.45, 2.75) is 84.0 Å². The van der Waals surface area contributed by atoms with E-state index in [1.54, 1.807) is 0 Å². The summed E-state index contributed by atoms with van der Waals surface area (Å²) in [7, 11) is -1.82. The number of halogens is 12. The first kappa shape index (κ1) is 46.8. The first-order valence-electron chi connectivity index (χ1n) is 18.1. The maximum atomic E-state index is 14.1. The lowest BCUT2D eigenvalue weighted by atomic mass is 10.1. The highest BCUT2D eigenvalue weighted by molar-refractivity contribution is 6.39. The Bertz CT molecular complexity index is 1700. The Labute approximate surface area is 324 Å². The Hall–Kier alpha value is -4.54. The van der Waals surface area contributed by atoms with Gasteiger partial charge in [-0.3, -0.25) is 4.48 Å². The van der Waals surface area contributed by atoms with Gasteiger partial charge in [-0.2, -0.15) is 83.0 Å². The summed E-state index contributed by atoms with van der Waals surface area (Å²) in [5, 5.41) is 0. The standard InChI is InChI=1S/C33H38BF9NO3.C7H4F3/c1-4-7-20-44(21-8-5-2,22-9-6-3)29-23-26(33(41,42)43)14-19-30(29)47-34(45-27-15-10-24(11-16-27)31(35,36)37)46-28-17-12-25(13-18-28)32(38,39)40;8-7(9,10)6-4-2-1-3-5-6/h10-19,23H,4-9,20-22H2,1-3H3;2-5H/q+1;-1. The quantitative estimate of drug-likeness (QED) is 0.0488. The van der Waals surface area contributed by atoms with E-state index in [9.17, 15) is 52.7 Å². The highest BCUT2D eigenvalue weighted by Gasteiger charge is 2.41. The van der Waals surface area contributed by atoms with Crippen LogP contribution in [-0.4, -0.2) is 27.0 Å². The van der Waals surface area contributed by atoms with E-state index in [-0.39, 0.29) is 27.4 Å². The molecular weight excluding hydrogens is 781 g/mol. The summed E-state index contributed by atoms with van der Waals surface area (Å²) in [4.78, 5) is 0. The molecule has 4 rings (SSSR count). The van der Waals surface area contributed by atoms with Crippen molar-refractivity contribution in [3.63, 3.8) is 0 Å². The van der Waals surface area contributed by atoms with Crippen LogP contribution in [0.15, 0.2) is 91.0 Å². The molecule has 312 valence electrons. The average molecular weight is 824 g/mol. The molecule has 0 fully saturated rings. The smallest absolute Gasteiger partial charge is 0.490 e. The number of rotatable bonds is 16. The third kappa shape index (κ3) is 14.4. The lowest BCUT2D eigenvalue weighted by molar-refractivity contribution is -0.138. The molecule has 0 bridgehead atoms. The van der Waals surface area contributed by atoms with Crippen LogP contribution < -0.4 is 18.4 Å². The Kier molecular flexibility index (Phi) is 16.6. The molecule has 4 aromatic rings. The molecule has 0 N–H and O–H groups in total. The predicted molar refractivity (Wildman–Crippen MR) is 193 cm³/mol. The van der Waals surface area contributed by atoms with Gasteiger partial charge in [-0.25, -0.2) is 0 Å². The summed E-state index contributed by atoms with van der Waals surface area (Å²) in [5.74, 6) is -0.315. The number of quaternary nitrogens is 1. The molecule has 57 heavy (non-hydrogen) atoms. The first-order chi connectivity index (χ1) is 26.6. The van der Waals surface area contributed by atoms with Crippen molar-refractivity contribution in [3.05, 3.63) is 119 Å². The zero-order valence-corrected chi connectivity index (χ0v) is 31.3. The zero-order valence-electron chi connectivity index (χ0n) is 31.3. The van der Waals surface area contributed by atoms with E-state index >= 15 is 0 Å². The van der Waals surface area contributed by atoms with Gasteiger partial charge in [0.15, 0.2) is 11.4 Å². The summed E-state index contributed by atoms with van der Waals surface area (Å²) >= 11 is 0. The van der Waals surface area contributed by atoms with Crippen LogP contribution in [0.25, 0.3) is 0 Å². The fourth-order valence-electron chi connectivity index (χ4n) is 5.66. The molecule has 0 aliphatic rings. The molecule has 0 radical (unpaired) electrons. The van der Waals surface area contributed by atoms with Gasteiger partial charge in [0.1, 0.15) is 11.5 Å². The number of nitrogens with zero attached hydrogens (tertiary/aromatic N) is 1. The predicted octanol–water partition coefficient (Wildman–Crippen LogP) is 13.5. The number of hydrogen-bond donors (Lipinski definition) is 0. The van der Waals surface area contributed by atoms with Gasteiger partial charge < -0.3 is 14.0 Å². The topological polar surface area (TPSA) is 27.7 Å². The molecule has 4 aromatic carbocycles. The van der Waals surface area contributed by atoms with Crippen LogP contribution >= 0.6 is 0 Å². The second kappa shape index (κ2) is 20.2. The van der Waals surface area contributed by atoms with E-state index in [1.807, 2.05) is 20.8 Å². The molecule has 0 aromatic heterocycles. The number of alkyl halides is 12. The van der Waals surface area contributed by atoms with E-state index in [0.717, 1.165) is 98.1 Å². The molecular formula is C40H42BF12NO3. The minimum absolute atomic E-state index is 0.0230. The highest BCUT2D eigenvalue weighted by atomic mass is 19.4.